The maximum Gasteiger partial charge on any atom is 0.226 e. The fraction of sp³-hybridized carbons (Fsp3) is 0.933. The summed E-state index contributed by atoms with van der Waals surface area (Å²) in [7, 11) is 0. The van der Waals surface area contributed by atoms with Crippen molar-refractivity contribution in [2.24, 2.45) is 5.41 Å². The number of fused-ring (bicyclic) bond motifs is 1. The number of hydrogen-bond donors (Lipinski definition) is 2. The predicted octanol–water partition coefficient (Wildman–Crippen LogP) is 1.12. The van der Waals surface area contributed by atoms with Crippen molar-refractivity contribution in [1.29, 1.82) is 0 Å². The lowest BCUT2D eigenvalue weighted by molar-refractivity contribution is -0.133. The van der Waals surface area contributed by atoms with Crippen LogP contribution in [0.3, 0.4) is 0 Å². The molecule has 2 unspecified atom stereocenters. The lowest BCUT2D eigenvalue weighted by atomic mass is 9.75. The molecule has 2 N–H and O–H groups in total. The highest BCUT2D eigenvalue weighted by Crippen LogP contribution is 2.34. The van der Waals surface area contributed by atoms with Crippen LogP contribution in [0.1, 0.15) is 45.4 Å². The Bertz CT molecular complexity index is 338. The van der Waals surface area contributed by atoms with Crippen molar-refractivity contribution in [1.82, 2.24) is 15.5 Å². The number of carbonyl (C=O) groups is 1. The molecule has 3 saturated heterocycles. The lowest BCUT2D eigenvalue weighted by Crippen LogP contribution is -2.52. The Morgan fingerprint density at radius 2 is 2.11 bits per heavy atom. The molecule has 3 aliphatic heterocycles. The SMILES string of the molecule is CCC1(C(=O)NC2CCN3CCCC23)CCNCC1. The maximum atomic E-state index is 12.7. The molecule has 0 spiro atoms. The van der Waals surface area contributed by atoms with E-state index in [9.17, 15) is 4.79 Å². The number of nitrogens with one attached hydrogen (secondary N) is 2. The number of amides is 1. The Morgan fingerprint density at radius 3 is 2.84 bits per heavy atom. The first-order valence-electron chi connectivity index (χ1n) is 8.01. The van der Waals surface area contributed by atoms with Gasteiger partial charge in [0.15, 0.2) is 0 Å². The van der Waals surface area contributed by atoms with E-state index in [-0.39, 0.29) is 5.41 Å². The summed E-state index contributed by atoms with van der Waals surface area (Å²) in [5, 5.41) is 6.77. The molecule has 0 radical (unpaired) electrons. The van der Waals surface area contributed by atoms with Crippen LogP contribution in [0, 0.1) is 5.41 Å². The third-order valence-corrected chi connectivity index (χ3v) is 5.64. The summed E-state index contributed by atoms with van der Waals surface area (Å²) in [6, 6.07) is 1.04. The van der Waals surface area contributed by atoms with Crippen molar-refractivity contribution < 1.29 is 4.79 Å². The van der Waals surface area contributed by atoms with Crippen LogP contribution >= 0.6 is 0 Å². The van der Waals surface area contributed by atoms with Gasteiger partial charge in [-0.25, -0.2) is 0 Å². The second-order valence-electron chi connectivity index (χ2n) is 6.50. The summed E-state index contributed by atoms with van der Waals surface area (Å²) in [5.74, 6) is 0.329. The molecule has 0 aromatic heterocycles. The van der Waals surface area contributed by atoms with Gasteiger partial charge in [-0.2, -0.15) is 0 Å². The van der Waals surface area contributed by atoms with Gasteiger partial charge in [-0.1, -0.05) is 6.92 Å². The fourth-order valence-electron chi connectivity index (χ4n) is 4.22. The molecule has 3 aliphatic rings. The van der Waals surface area contributed by atoms with E-state index < -0.39 is 0 Å². The molecule has 2 atom stereocenters. The number of rotatable bonds is 3. The minimum Gasteiger partial charge on any atom is -0.351 e. The van der Waals surface area contributed by atoms with Gasteiger partial charge in [0.1, 0.15) is 0 Å². The van der Waals surface area contributed by atoms with E-state index in [1.807, 2.05) is 0 Å². The van der Waals surface area contributed by atoms with Crippen LogP contribution in [0.25, 0.3) is 0 Å². The maximum absolute atomic E-state index is 12.7. The van der Waals surface area contributed by atoms with E-state index in [1.165, 1.54) is 25.9 Å². The smallest absolute Gasteiger partial charge is 0.226 e. The average Bonchev–Trinajstić information content (AvgIpc) is 3.04. The van der Waals surface area contributed by atoms with Gasteiger partial charge in [0.2, 0.25) is 5.91 Å². The van der Waals surface area contributed by atoms with Crippen LogP contribution in [-0.4, -0.2) is 49.1 Å². The first kappa shape index (κ1) is 13.4. The van der Waals surface area contributed by atoms with Crippen LogP contribution in [0.5, 0.6) is 0 Å². The van der Waals surface area contributed by atoms with Crippen molar-refractivity contribution in [2.75, 3.05) is 26.2 Å². The minimum absolute atomic E-state index is 0.0999. The Kier molecular flexibility index (Phi) is 3.81. The van der Waals surface area contributed by atoms with E-state index in [1.54, 1.807) is 0 Å². The van der Waals surface area contributed by atoms with Gasteiger partial charge >= 0.3 is 0 Å². The quantitative estimate of drug-likeness (QED) is 0.804. The first-order valence-corrected chi connectivity index (χ1v) is 8.01. The molecule has 4 nitrogen and oxygen atoms in total. The number of carbonyl (C=O) groups excluding carboxylic acids is 1. The Balaban J connectivity index is 1.63. The number of nitrogens with zero attached hydrogens (tertiary/aromatic N) is 1. The molecular weight excluding hydrogens is 238 g/mol. The fourth-order valence-corrected chi connectivity index (χ4v) is 4.22. The van der Waals surface area contributed by atoms with Gasteiger partial charge in [0.25, 0.3) is 0 Å². The van der Waals surface area contributed by atoms with Crippen molar-refractivity contribution in [3.63, 3.8) is 0 Å². The third kappa shape index (κ3) is 2.40. The second kappa shape index (κ2) is 5.41. The predicted molar refractivity (Wildman–Crippen MR) is 76.0 cm³/mol. The molecule has 0 aromatic rings. The van der Waals surface area contributed by atoms with Gasteiger partial charge in [-0.15, -0.1) is 0 Å². The van der Waals surface area contributed by atoms with E-state index in [0.29, 0.717) is 18.0 Å². The lowest BCUT2D eigenvalue weighted by Gasteiger charge is -2.37. The van der Waals surface area contributed by atoms with Crippen molar-refractivity contribution in [3.8, 4) is 0 Å². The van der Waals surface area contributed by atoms with Gasteiger partial charge in [0, 0.05) is 18.6 Å². The van der Waals surface area contributed by atoms with Crippen LogP contribution in [0.2, 0.25) is 0 Å². The van der Waals surface area contributed by atoms with Crippen LogP contribution in [0.4, 0.5) is 0 Å². The molecule has 3 heterocycles. The summed E-state index contributed by atoms with van der Waals surface area (Å²) >= 11 is 0. The molecule has 0 bridgehead atoms. The molecule has 3 rings (SSSR count). The number of hydrogen-bond acceptors (Lipinski definition) is 3. The molecule has 108 valence electrons. The highest BCUT2D eigenvalue weighted by atomic mass is 16.2. The Hall–Kier alpha value is -0.610. The summed E-state index contributed by atoms with van der Waals surface area (Å²) < 4.78 is 0. The molecule has 19 heavy (non-hydrogen) atoms. The van der Waals surface area contributed by atoms with Gasteiger partial charge < -0.3 is 10.6 Å². The molecule has 0 aromatic carbocycles. The zero-order valence-corrected chi connectivity index (χ0v) is 12.1. The van der Waals surface area contributed by atoms with Crippen LogP contribution in [0.15, 0.2) is 0 Å². The van der Waals surface area contributed by atoms with E-state index >= 15 is 0 Å². The van der Waals surface area contributed by atoms with E-state index in [0.717, 1.165) is 38.8 Å². The Morgan fingerprint density at radius 1 is 1.32 bits per heavy atom. The highest BCUT2D eigenvalue weighted by molar-refractivity contribution is 5.83. The third-order valence-electron chi connectivity index (χ3n) is 5.64. The highest BCUT2D eigenvalue weighted by Gasteiger charge is 2.42. The molecule has 1 amide bonds. The van der Waals surface area contributed by atoms with Crippen LogP contribution < -0.4 is 10.6 Å². The Labute approximate surface area is 116 Å². The molecule has 3 fully saturated rings. The molecule has 4 heteroatoms. The number of piperidine rings is 1. The molecular formula is C15H27N3O. The summed E-state index contributed by atoms with van der Waals surface area (Å²) in [5.41, 5.74) is -0.0999. The standard InChI is InChI=1S/C15H27N3O/c1-2-15(6-8-16-9-7-15)14(19)17-12-5-11-18-10-3-4-13(12)18/h12-13,16H,2-11H2,1H3,(H,17,19). The second-order valence-corrected chi connectivity index (χ2v) is 6.50. The summed E-state index contributed by atoms with van der Waals surface area (Å²) in [4.78, 5) is 15.3. The minimum atomic E-state index is -0.0999. The van der Waals surface area contributed by atoms with E-state index in [4.69, 9.17) is 0 Å². The normalized spacial score (nSPS) is 34.2. The van der Waals surface area contributed by atoms with Crippen molar-refractivity contribution in [2.45, 2.75) is 57.5 Å². The van der Waals surface area contributed by atoms with Gasteiger partial charge in [-0.05, 0) is 58.2 Å². The monoisotopic (exact) mass is 265 g/mol. The molecule has 0 aliphatic carbocycles. The van der Waals surface area contributed by atoms with Gasteiger partial charge in [0.05, 0.1) is 5.41 Å². The van der Waals surface area contributed by atoms with Gasteiger partial charge in [-0.3, -0.25) is 9.69 Å². The van der Waals surface area contributed by atoms with Crippen molar-refractivity contribution >= 4 is 5.91 Å². The van der Waals surface area contributed by atoms with Crippen LogP contribution in [-0.2, 0) is 4.79 Å². The average molecular weight is 265 g/mol. The van der Waals surface area contributed by atoms with Crippen molar-refractivity contribution in [3.05, 3.63) is 0 Å². The zero-order valence-electron chi connectivity index (χ0n) is 12.1. The van der Waals surface area contributed by atoms with E-state index in [2.05, 4.69) is 22.5 Å². The first-order chi connectivity index (χ1) is 9.25. The largest absolute Gasteiger partial charge is 0.351 e. The summed E-state index contributed by atoms with van der Waals surface area (Å²) in [6.45, 7) is 6.56. The molecule has 0 saturated carbocycles. The summed E-state index contributed by atoms with van der Waals surface area (Å²) in [6.07, 6.45) is 6.69. The zero-order chi connectivity index (χ0) is 13.3. The topological polar surface area (TPSA) is 44.4 Å².